The zero-order chi connectivity index (χ0) is 15.0. The number of carbonyl (C=O) groups excluding carboxylic acids is 1. The lowest BCUT2D eigenvalue weighted by molar-refractivity contribution is -0.0290. The number of amides is 1. The van der Waals surface area contributed by atoms with Gasteiger partial charge in [0.15, 0.2) is 0 Å². The van der Waals surface area contributed by atoms with Gasteiger partial charge in [-0.3, -0.25) is 9.80 Å². The van der Waals surface area contributed by atoms with Gasteiger partial charge in [-0.05, 0) is 33.6 Å². The summed E-state index contributed by atoms with van der Waals surface area (Å²) < 4.78 is 5.47. The average Bonchev–Trinajstić information content (AvgIpc) is 3.15. The Morgan fingerprint density at radius 2 is 1.52 bits per heavy atom. The first-order valence-corrected chi connectivity index (χ1v) is 8.37. The van der Waals surface area contributed by atoms with Gasteiger partial charge < -0.3 is 10.1 Å². The molecule has 0 bridgehead atoms. The van der Waals surface area contributed by atoms with E-state index < -0.39 is 0 Å². The lowest BCUT2D eigenvalue weighted by Gasteiger charge is -2.46. The molecule has 1 heterocycles. The maximum Gasteiger partial charge on any atom is 0.407 e. The molecule has 1 saturated heterocycles. The van der Waals surface area contributed by atoms with E-state index in [2.05, 4.69) is 15.1 Å². The predicted molar refractivity (Wildman–Crippen MR) is 82.3 cm³/mol. The monoisotopic (exact) mass is 295 g/mol. The number of nitrogens with zero attached hydrogens (tertiary/aromatic N) is 2. The summed E-state index contributed by atoms with van der Waals surface area (Å²) in [4.78, 5) is 16.9. The number of hydrogen-bond acceptors (Lipinski definition) is 4. The largest absolute Gasteiger partial charge is 0.446 e. The topological polar surface area (TPSA) is 44.8 Å². The van der Waals surface area contributed by atoms with Gasteiger partial charge in [0.25, 0.3) is 0 Å². The molecule has 0 unspecified atom stereocenters. The first-order valence-electron chi connectivity index (χ1n) is 8.37. The maximum atomic E-state index is 11.7. The molecule has 5 nitrogen and oxygen atoms in total. The lowest BCUT2D eigenvalue weighted by Crippen LogP contribution is -2.56. The van der Waals surface area contributed by atoms with Gasteiger partial charge in [-0.15, -0.1) is 0 Å². The number of ether oxygens (including phenoxy) is 1. The van der Waals surface area contributed by atoms with Crippen LogP contribution >= 0.6 is 0 Å². The molecule has 120 valence electrons. The molecule has 3 rings (SSSR count). The Balaban J connectivity index is 1.33. The quantitative estimate of drug-likeness (QED) is 0.862. The van der Waals surface area contributed by atoms with Crippen LogP contribution in [0.1, 0.15) is 46.5 Å². The van der Waals surface area contributed by atoms with Crippen molar-refractivity contribution in [2.24, 2.45) is 0 Å². The number of nitrogens with one attached hydrogen (secondary N) is 1. The summed E-state index contributed by atoms with van der Waals surface area (Å²) >= 11 is 0. The molecule has 1 aliphatic heterocycles. The molecule has 0 spiro atoms. The summed E-state index contributed by atoms with van der Waals surface area (Å²) in [6.07, 6.45) is 4.65. The van der Waals surface area contributed by atoms with Crippen LogP contribution in [-0.2, 0) is 4.74 Å². The SMILES string of the molecule is CC(C)(C)NC(=O)OC1CC(N2CCN(C3CC3)CC2)C1. The van der Waals surface area contributed by atoms with Crippen LogP contribution in [0, 0.1) is 0 Å². The summed E-state index contributed by atoms with van der Waals surface area (Å²) in [7, 11) is 0. The number of piperazine rings is 1. The standard InChI is InChI=1S/C16H29N3O2/c1-16(2,3)17-15(20)21-14-10-13(11-14)19-8-6-18(7-9-19)12-4-5-12/h12-14H,4-11H2,1-3H3,(H,17,20). The zero-order valence-corrected chi connectivity index (χ0v) is 13.6. The third-order valence-electron chi connectivity index (χ3n) is 4.75. The second-order valence-electron chi connectivity index (χ2n) is 7.83. The molecule has 21 heavy (non-hydrogen) atoms. The summed E-state index contributed by atoms with van der Waals surface area (Å²) in [5, 5.41) is 2.86. The van der Waals surface area contributed by atoms with Gasteiger partial charge in [0.1, 0.15) is 6.10 Å². The second-order valence-corrected chi connectivity index (χ2v) is 7.83. The molecular formula is C16H29N3O2. The highest BCUT2D eigenvalue weighted by Crippen LogP contribution is 2.32. The fourth-order valence-electron chi connectivity index (χ4n) is 3.33. The number of hydrogen-bond donors (Lipinski definition) is 1. The van der Waals surface area contributed by atoms with Crippen LogP contribution in [0.3, 0.4) is 0 Å². The Morgan fingerprint density at radius 3 is 2.00 bits per heavy atom. The first kappa shape index (κ1) is 15.1. The van der Waals surface area contributed by atoms with E-state index in [1.165, 1.54) is 39.0 Å². The van der Waals surface area contributed by atoms with E-state index in [0.29, 0.717) is 6.04 Å². The molecule has 1 N–H and O–H groups in total. The van der Waals surface area contributed by atoms with Crippen LogP contribution in [0.2, 0.25) is 0 Å². The van der Waals surface area contributed by atoms with Gasteiger partial charge >= 0.3 is 6.09 Å². The highest BCUT2D eigenvalue weighted by atomic mass is 16.6. The van der Waals surface area contributed by atoms with E-state index in [-0.39, 0.29) is 17.7 Å². The van der Waals surface area contributed by atoms with E-state index in [9.17, 15) is 4.79 Å². The molecule has 5 heteroatoms. The molecule has 3 fully saturated rings. The van der Waals surface area contributed by atoms with Crippen molar-refractivity contribution in [1.29, 1.82) is 0 Å². The van der Waals surface area contributed by atoms with Gasteiger partial charge in [0.05, 0.1) is 0 Å². The second kappa shape index (κ2) is 5.76. The van der Waals surface area contributed by atoms with Gasteiger partial charge in [0.2, 0.25) is 0 Å². The summed E-state index contributed by atoms with van der Waals surface area (Å²) in [5.41, 5.74) is -0.223. The van der Waals surface area contributed by atoms with Crippen molar-refractivity contribution < 1.29 is 9.53 Å². The minimum Gasteiger partial charge on any atom is -0.446 e. The predicted octanol–water partition coefficient (Wildman–Crippen LogP) is 1.82. The molecule has 2 saturated carbocycles. The van der Waals surface area contributed by atoms with Crippen molar-refractivity contribution in [3.05, 3.63) is 0 Å². The lowest BCUT2D eigenvalue weighted by atomic mass is 9.87. The molecule has 1 amide bonds. The summed E-state index contributed by atoms with van der Waals surface area (Å²) in [6, 6.07) is 1.52. The molecule has 0 aromatic rings. The van der Waals surface area contributed by atoms with E-state index in [4.69, 9.17) is 4.74 Å². The number of rotatable bonds is 3. The maximum absolute atomic E-state index is 11.7. The van der Waals surface area contributed by atoms with Crippen LogP contribution in [0.25, 0.3) is 0 Å². The summed E-state index contributed by atoms with van der Waals surface area (Å²) in [5.74, 6) is 0. The Labute approximate surface area is 128 Å². The van der Waals surface area contributed by atoms with E-state index in [1.54, 1.807) is 0 Å². The van der Waals surface area contributed by atoms with E-state index in [1.807, 2.05) is 20.8 Å². The van der Waals surface area contributed by atoms with E-state index >= 15 is 0 Å². The third kappa shape index (κ3) is 4.10. The van der Waals surface area contributed by atoms with Gasteiger partial charge in [-0.25, -0.2) is 4.79 Å². The highest BCUT2D eigenvalue weighted by Gasteiger charge is 2.39. The van der Waals surface area contributed by atoms with Crippen molar-refractivity contribution >= 4 is 6.09 Å². The Bertz CT molecular complexity index is 375. The van der Waals surface area contributed by atoms with Gasteiger partial charge in [-0.1, -0.05) is 0 Å². The molecule has 0 atom stereocenters. The third-order valence-corrected chi connectivity index (χ3v) is 4.75. The first-order chi connectivity index (χ1) is 9.90. The molecule has 2 aliphatic carbocycles. The van der Waals surface area contributed by atoms with Crippen LogP contribution in [0.4, 0.5) is 4.79 Å². The number of carbonyl (C=O) groups is 1. The minimum absolute atomic E-state index is 0.110. The molecule has 0 aromatic carbocycles. The Hall–Kier alpha value is -0.810. The highest BCUT2D eigenvalue weighted by molar-refractivity contribution is 5.68. The average molecular weight is 295 g/mol. The fourth-order valence-corrected chi connectivity index (χ4v) is 3.33. The number of alkyl carbamates (subject to hydrolysis) is 1. The fraction of sp³-hybridized carbons (Fsp3) is 0.938. The Morgan fingerprint density at radius 1 is 1.00 bits per heavy atom. The van der Waals surface area contributed by atoms with Crippen molar-refractivity contribution in [3.63, 3.8) is 0 Å². The van der Waals surface area contributed by atoms with Gasteiger partial charge in [0, 0.05) is 56.6 Å². The van der Waals surface area contributed by atoms with Crippen LogP contribution in [0.5, 0.6) is 0 Å². The normalized spacial score (nSPS) is 31.6. The van der Waals surface area contributed by atoms with Crippen molar-refractivity contribution in [2.75, 3.05) is 26.2 Å². The smallest absolute Gasteiger partial charge is 0.407 e. The molecule has 0 radical (unpaired) electrons. The zero-order valence-electron chi connectivity index (χ0n) is 13.6. The van der Waals surface area contributed by atoms with Crippen molar-refractivity contribution in [1.82, 2.24) is 15.1 Å². The molecule has 0 aromatic heterocycles. The minimum atomic E-state index is -0.274. The van der Waals surface area contributed by atoms with Gasteiger partial charge in [-0.2, -0.15) is 0 Å². The van der Waals surface area contributed by atoms with Crippen molar-refractivity contribution in [2.45, 2.75) is 70.2 Å². The van der Waals surface area contributed by atoms with E-state index in [0.717, 1.165) is 18.9 Å². The van der Waals surface area contributed by atoms with Crippen LogP contribution in [0.15, 0.2) is 0 Å². The van der Waals surface area contributed by atoms with Crippen LogP contribution in [-0.4, -0.2) is 65.8 Å². The van der Waals surface area contributed by atoms with Crippen molar-refractivity contribution in [3.8, 4) is 0 Å². The Kier molecular flexibility index (Phi) is 4.14. The summed E-state index contributed by atoms with van der Waals surface area (Å²) in [6.45, 7) is 10.7. The molecular weight excluding hydrogens is 266 g/mol. The molecule has 3 aliphatic rings. The van der Waals surface area contributed by atoms with Crippen LogP contribution < -0.4 is 5.32 Å².